The molecular formula is C19H25N3O3. The summed E-state index contributed by atoms with van der Waals surface area (Å²) < 4.78 is 0. The van der Waals surface area contributed by atoms with Gasteiger partial charge in [0, 0.05) is 43.9 Å². The second-order valence-electron chi connectivity index (χ2n) is 7.78. The SMILES string of the molecule is CC(=O)c1ccc(N2CCN(C3CC4CCC3C4)CC2)c([N+](=O)[O-])c1. The molecule has 0 spiro atoms. The van der Waals surface area contributed by atoms with Crippen LogP contribution in [0.4, 0.5) is 11.4 Å². The van der Waals surface area contributed by atoms with Gasteiger partial charge in [-0.2, -0.15) is 0 Å². The van der Waals surface area contributed by atoms with Crippen molar-refractivity contribution in [2.75, 3.05) is 31.1 Å². The molecule has 6 heteroatoms. The second-order valence-corrected chi connectivity index (χ2v) is 7.78. The molecule has 2 bridgehead atoms. The van der Waals surface area contributed by atoms with Gasteiger partial charge in [-0.05, 0) is 50.2 Å². The Kier molecular flexibility index (Phi) is 4.23. The van der Waals surface area contributed by atoms with E-state index in [0.717, 1.165) is 44.1 Å². The van der Waals surface area contributed by atoms with Crippen LogP contribution in [0.5, 0.6) is 0 Å². The van der Waals surface area contributed by atoms with Gasteiger partial charge in [0.05, 0.1) is 4.92 Å². The summed E-state index contributed by atoms with van der Waals surface area (Å²) in [6.45, 7) is 5.01. The molecule has 134 valence electrons. The molecule has 3 unspecified atom stereocenters. The first-order valence-electron chi connectivity index (χ1n) is 9.31. The number of fused-ring (bicyclic) bond motifs is 2. The Morgan fingerprint density at radius 3 is 2.48 bits per heavy atom. The lowest BCUT2D eigenvalue weighted by molar-refractivity contribution is -0.384. The number of hydrogen-bond donors (Lipinski definition) is 0. The van der Waals surface area contributed by atoms with Gasteiger partial charge in [0.25, 0.3) is 5.69 Å². The number of nitro groups is 1. The second kappa shape index (κ2) is 6.41. The molecule has 4 rings (SSSR count). The highest BCUT2D eigenvalue weighted by Crippen LogP contribution is 2.46. The molecule has 1 saturated heterocycles. The van der Waals surface area contributed by atoms with Crippen LogP contribution in [0.25, 0.3) is 0 Å². The quantitative estimate of drug-likeness (QED) is 0.477. The molecule has 1 aromatic rings. The van der Waals surface area contributed by atoms with E-state index in [9.17, 15) is 14.9 Å². The van der Waals surface area contributed by atoms with E-state index in [-0.39, 0.29) is 16.4 Å². The standard InChI is InChI=1S/C19H25N3O3/c1-13(23)15-4-5-17(19(12-15)22(24)25)20-6-8-21(9-7-20)18-11-14-2-3-16(18)10-14/h4-5,12,14,16,18H,2-3,6-11H2,1H3. The van der Waals surface area contributed by atoms with E-state index in [1.165, 1.54) is 38.7 Å². The molecule has 1 aromatic carbocycles. The van der Waals surface area contributed by atoms with Crippen molar-refractivity contribution < 1.29 is 9.72 Å². The fourth-order valence-electron chi connectivity index (χ4n) is 5.11. The molecule has 2 aliphatic carbocycles. The van der Waals surface area contributed by atoms with Gasteiger partial charge < -0.3 is 4.90 Å². The zero-order chi connectivity index (χ0) is 17.6. The summed E-state index contributed by atoms with van der Waals surface area (Å²) >= 11 is 0. The van der Waals surface area contributed by atoms with Gasteiger partial charge in [0.1, 0.15) is 5.69 Å². The molecule has 3 aliphatic rings. The summed E-state index contributed by atoms with van der Waals surface area (Å²) in [4.78, 5) is 27.3. The number of carbonyl (C=O) groups excluding carboxylic acids is 1. The van der Waals surface area contributed by atoms with Gasteiger partial charge in [-0.15, -0.1) is 0 Å². The monoisotopic (exact) mass is 343 g/mol. The first kappa shape index (κ1) is 16.5. The van der Waals surface area contributed by atoms with Gasteiger partial charge in [-0.1, -0.05) is 6.42 Å². The van der Waals surface area contributed by atoms with Crippen LogP contribution < -0.4 is 4.90 Å². The highest BCUT2D eigenvalue weighted by atomic mass is 16.6. The smallest absolute Gasteiger partial charge is 0.293 e. The van der Waals surface area contributed by atoms with Crippen LogP contribution in [-0.4, -0.2) is 47.8 Å². The predicted octanol–water partition coefficient (Wildman–Crippen LogP) is 3.11. The molecule has 1 aliphatic heterocycles. The van der Waals surface area contributed by atoms with E-state index >= 15 is 0 Å². The first-order valence-corrected chi connectivity index (χ1v) is 9.31. The van der Waals surface area contributed by atoms with Gasteiger partial charge in [0.15, 0.2) is 5.78 Å². The first-order chi connectivity index (χ1) is 12.0. The van der Waals surface area contributed by atoms with E-state index in [2.05, 4.69) is 9.80 Å². The number of carbonyl (C=O) groups is 1. The molecule has 3 fully saturated rings. The van der Waals surface area contributed by atoms with Gasteiger partial charge in [-0.25, -0.2) is 0 Å². The third-order valence-corrected chi connectivity index (χ3v) is 6.40. The Labute approximate surface area is 147 Å². The Hall–Kier alpha value is -1.95. The average molecular weight is 343 g/mol. The zero-order valence-corrected chi connectivity index (χ0v) is 14.7. The van der Waals surface area contributed by atoms with Crippen LogP contribution in [0, 0.1) is 22.0 Å². The van der Waals surface area contributed by atoms with Crippen molar-refractivity contribution in [3.8, 4) is 0 Å². The number of hydrogen-bond acceptors (Lipinski definition) is 5. The number of piperazine rings is 1. The highest BCUT2D eigenvalue weighted by Gasteiger charge is 2.42. The molecule has 2 saturated carbocycles. The van der Waals surface area contributed by atoms with Crippen molar-refractivity contribution in [1.82, 2.24) is 4.90 Å². The lowest BCUT2D eigenvalue weighted by Gasteiger charge is -2.41. The van der Waals surface area contributed by atoms with Crippen molar-refractivity contribution in [2.24, 2.45) is 11.8 Å². The summed E-state index contributed by atoms with van der Waals surface area (Å²) in [5, 5.41) is 11.5. The Balaban J connectivity index is 1.47. The van der Waals surface area contributed by atoms with E-state index in [4.69, 9.17) is 0 Å². The van der Waals surface area contributed by atoms with E-state index in [1.54, 1.807) is 12.1 Å². The normalized spacial score (nSPS) is 29.2. The van der Waals surface area contributed by atoms with Crippen LogP contribution in [0.1, 0.15) is 43.0 Å². The maximum atomic E-state index is 11.5. The molecule has 1 heterocycles. The van der Waals surface area contributed by atoms with Crippen molar-refractivity contribution in [3.05, 3.63) is 33.9 Å². The van der Waals surface area contributed by atoms with Crippen LogP contribution in [-0.2, 0) is 0 Å². The van der Waals surface area contributed by atoms with E-state index < -0.39 is 0 Å². The lowest BCUT2D eigenvalue weighted by atomic mass is 9.93. The minimum Gasteiger partial charge on any atom is -0.363 e. The molecule has 0 aromatic heterocycles. The van der Waals surface area contributed by atoms with Crippen molar-refractivity contribution >= 4 is 17.2 Å². The van der Waals surface area contributed by atoms with Gasteiger partial charge in [-0.3, -0.25) is 19.8 Å². The third kappa shape index (κ3) is 3.03. The largest absolute Gasteiger partial charge is 0.363 e. The fourth-order valence-corrected chi connectivity index (χ4v) is 5.11. The topological polar surface area (TPSA) is 66.7 Å². The van der Waals surface area contributed by atoms with Crippen LogP contribution in [0.2, 0.25) is 0 Å². The van der Waals surface area contributed by atoms with Crippen LogP contribution in [0.3, 0.4) is 0 Å². The van der Waals surface area contributed by atoms with Crippen molar-refractivity contribution in [1.29, 1.82) is 0 Å². The lowest BCUT2D eigenvalue weighted by Crippen LogP contribution is -2.51. The zero-order valence-electron chi connectivity index (χ0n) is 14.7. The summed E-state index contributed by atoms with van der Waals surface area (Å²) in [6.07, 6.45) is 5.55. The predicted molar refractivity (Wildman–Crippen MR) is 96.1 cm³/mol. The average Bonchev–Trinajstić information content (AvgIpc) is 3.24. The summed E-state index contributed by atoms with van der Waals surface area (Å²) in [6, 6.07) is 5.59. The third-order valence-electron chi connectivity index (χ3n) is 6.40. The minimum absolute atomic E-state index is 0.0427. The fraction of sp³-hybridized carbons (Fsp3) is 0.632. The molecular weight excluding hydrogens is 318 g/mol. The van der Waals surface area contributed by atoms with Crippen LogP contribution in [0.15, 0.2) is 18.2 Å². The molecule has 25 heavy (non-hydrogen) atoms. The number of rotatable bonds is 4. The van der Waals surface area contributed by atoms with Crippen molar-refractivity contribution in [3.63, 3.8) is 0 Å². The summed E-state index contributed by atoms with van der Waals surface area (Å²) in [7, 11) is 0. The number of Topliss-reactive ketones (excluding diaryl/α,β-unsaturated/α-hetero) is 1. The summed E-state index contributed by atoms with van der Waals surface area (Å²) in [5.41, 5.74) is 1.08. The highest BCUT2D eigenvalue weighted by molar-refractivity contribution is 5.95. The van der Waals surface area contributed by atoms with Gasteiger partial charge in [0.2, 0.25) is 0 Å². The number of benzene rings is 1. The molecule has 0 amide bonds. The Bertz CT molecular complexity index is 697. The molecule has 3 atom stereocenters. The van der Waals surface area contributed by atoms with Gasteiger partial charge >= 0.3 is 0 Å². The van der Waals surface area contributed by atoms with E-state index in [0.29, 0.717) is 11.3 Å². The molecule has 6 nitrogen and oxygen atoms in total. The Morgan fingerprint density at radius 1 is 1.16 bits per heavy atom. The number of ketones is 1. The maximum Gasteiger partial charge on any atom is 0.293 e. The molecule has 0 N–H and O–H groups in total. The number of nitrogens with zero attached hydrogens (tertiary/aromatic N) is 3. The maximum absolute atomic E-state index is 11.5. The van der Waals surface area contributed by atoms with Crippen molar-refractivity contribution in [2.45, 2.75) is 38.6 Å². The summed E-state index contributed by atoms with van der Waals surface area (Å²) in [5.74, 6) is 1.67. The number of anilines is 1. The molecule has 0 radical (unpaired) electrons. The van der Waals surface area contributed by atoms with E-state index in [1.807, 2.05) is 0 Å². The van der Waals surface area contributed by atoms with Crippen LogP contribution >= 0.6 is 0 Å². The number of nitro benzene ring substituents is 1. The minimum atomic E-state index is -0.371. The Morgan fingerprint density at radius 2 is 1.92 bits per heavy atom.